The minimum absolute atomic E-state index is 0.163. The number of amides is 1. The molecule has 6 heteroatoms. The van der Waals surface area contributed by atoms with E-state index in [1.165, 1.54) is 5.56 Å². The maximum Gasteiger partial charge on any atom is 0.272 e. The molecule has 4 rings (SSSR count). The number of hydrogen-bond acceptors (Lipinski definition) is 4. The first-order valence-electron chi connectivity index (χ1n) is 8.89. The second-order valence-corrected chi connectivity index (χ2v) is 6.46. The molecule has 0 radical (unpaired) electrons. The molecule has 1 aliphatic rings. The van der Waals surface area contributed by atoms with Gasteiger partial charge in [0.15, 0.2) is 5.69 Å². The molecule has 0 bridgehead atoms. The van der Waals surface area contributed by atoms with Crippen LogP contribution in [-0.4, -0.2) is 47.3 Å². The van der Waals surface area contributed by atoms with E-state index in [1.54, 1.807) is 0 Å². The van der Waals surface area contributed by atoms with E-state index < -0.39 is 0 Å². The molecule has 1 amide bonds. The fourth-order valence-corrected chi connectivity index (χ4v) is 3.28. The molecule has 1 saturated heterocycles. The van der Waals surface area contributed by atoms with Crippen LogP contribution < -0.4 is 5.32 Å². The third kappa shape index (κ3) is 3.61. The molecule has 1 aliphatic heterocycles. The Morgan fingerprint density at radius 3 is 2.65 bits per heavy atom. The maximum atomic E-state index is 12.6. The van der Waals surface area contributed by atoms with Gasteiger partial charge < -0.3 is 10.1 Å². The third-order valence-electron chi connectivity index (χ3n) is 4.74. The first-order valence-corrected chi connectivity index (χ1v) is 8.89. The third-order valence-corrected chi connectivity index (χ3v) is 4.74. The molecule has 0 aliphatic carbocycles. The number of benzene rings is 2. The highest BCUT2D eigenvalue weighted by Gasteiger charge is 2.15. The number of hydrogen-bond donors (Lipinski definition) is 2. The van der Waals surface area contributed by atoms with Crippen LogP contribution in [0, 0.1) is 0 Å². The van der Waals surface area contributed by atoms with Crippen molar-refractivity contribution in [1.29, 1.82) is 0 Å². The zero-order valence-corrected chi connectivity index (χ0v) is 14.6. The van der Waals surface area contributed by atoms with Crippen molar-refractivity contribution < 1.29 is 9.53 Å². The first kappa shape index (κ1) is 16.8. The normalized spacial score (nSPS) is 15.2. The van der Waals surface area contributed by atoms with Gasteiger partial charge in [0.1, 0.15) is 0 Å². The molecule has 26 heavy (non-hydrogen) atoms. The highest BCUT2D eigenvalue weighted by atomic mass is 16.5. The van der Waals surface area contributed by atoms with E-state index in [0.717, 1.165) is 49.3 Å². The summed E-state index contributed by atoms with van der Waals surface area (Å²) >= 11 is 0. The van der Waals surface area contributed by atoms with Crippen LogP contribution >= 0.6 is 0 Å². The number of fused-ring (bicyclic) bond motifs is 1. The number of carbonyl (C=O) groups is 1. The van der Waals surface area contributed by atoms with Crippen molar-refractivity contribution in [2.45, 2.75) is 13.1 Å². The average molecular weight is 350 g/mol. The lowest BCUT2D eigenvalue weighted by Gasteiger charge is -2.27. The Kier molecular flexibility index (Phi) is 4.95. The standard InChI is InChI=1S/C20H22N4O2/c25-20(19-17-7-3-4-8-18(17)22-23-19)21-13-15-5-1-2-6-16(15)14-24-9-11-26-12-10-24/h1-8H,9-14H2,(H,21,25)(H,22,23). The summed E-state index contributed by atoms with van der Waals surface area (Å²) in [6.07, 6.45) is 0. The summed E-state index contributed by atoms with van der Waals surface area (Å²) in [7, 11) is 0. The predicted octanol–water partition coefficient (Wildman–Crippen LogP) is 2.33. The molecule has 134 valence electrons. The van der Waals surface area contributed by atoms with Gasteiger partial charge in [-0.05, 0) is 17.2 Å². The lowest BCUT2D eigenvalue weighted by atomic mass is 10.1. The van der Waals surface area contributed by atoms with Crippen LogP contribution in [0.4, 0.5) is 0 Å². The van der Waals surface area contributed by atoms with Gasteiger partial charge in [0.25, 0.3) is 5.91 Å². The van der Waals surface area contributed by atoms with Crippen molar-refractivity contribution >= 4 is 16.8 Å². The molecule has 6 nitrogen and oxygen atoms in total. The van der Waals surface area contributed by atoms with Crippen LogP contribution in [0.25, 0.3) is 10.9 Å². The first-order chi connectivity index (χ1) is 12.8. The van der Waals surface area contributed by atoms with Crippen LogP contribution in [0.5, 0.6) is 0 Å². The van der Waals surface area contributed by atoms with E-state index in [9.17, 15) is 4.79 Å². The van der Waals surface area contributed by atoms with Gasteiger partial charge in [-0.3, -0.25) is 14.8 Å². The number of morpholine rings is 1. The Hall–Kier alpha value is -2.70. The Morgan fingerprint density at radius 1 is 1.08 bits per heavy atom. The van der Waals surface area contributed by atoms with Crippen molar-refractivity contribution in [3.8, 4) is 0 Å². The topological polar surface area (TPSA) is 70.2 Å². The van der Waals surface area contributed by atoms with Crippen LogP contribution in [0.1, 0.15) is 21.6 Å². The molecule has 1 fully saturated rings. The number of carbonyl (C=O) groups excluding carboxylic acids is 1. The molecule has 0 atom stereocenters. The Morgan fingerprint density at radius 2 is 1.81 bits per heavy atom. The Labute approximate surface area is 152 Å². The molecular formula is C20H22N4O2. The highest BCUT2D eigenvalue weighted by Crippen LogP contribution is 2.16. The fourth-order valence-electron chi connectivity index (χ4n) is 3.28. The maximum absolute atomic E-state index is 12.6. The zero-order chi connectivity index (χ0) is 17.8. The Balaban J connectivity index is 1.45. The fraction of sp³-hybridized carbons (Fsp3) is 0.300. The number of para-hydroxylation sites is 1. The second kappa shape index (κ2) is 7.68. The van der Waals surface area contributed by atoms with E-state index >= 15 is 0 Å². The number of aromatic nitrogens is 2. The van der Waals surface area contributed by atoms with E-state index in [-0.39, 0.29) is 5.91 Å². The molecule has 2 N–H and O–H groups in total. The number of H-pyrrole nitrogens is 1. The van der Waals surface area contributed by atoms with Gasteiger partial charge in [-0.15, -0.1) is 0 Å². The lowest BCUT2D eigenvalue weighted by Crippen LogP contribution is -2.36. The monoisotopic (exact) mass is 350 g/mol. The zero-order valence-electron chi connectivity index (χ0n) is 14.6. The summed E-state index contributed by atoms with van der Waals surface area (Å²) < 4.78 is 5.41. The number of rotatable bonds is 5. The number of nitrogens with one attached hydrogen (secondary N) is 2. The molecule has 2 heterocycles. The number of ether oxygens (including phenoxy) is 1. The molecule has 0 saturated carbocycles. The van der Waals surface area contributed by atoms with Crippen LogP contribution in [-0.2, 0) is 17.8 Å². The van der Waals surface area contributed by atoms with Gasteiger partial charge in [0, 0.05) is 31.6 Å². The molecular weight excluding hydrogens is 328 g/mol. The van der Waals surface area contributed by atoms with Gasteiger partial charge in [-0.1, -0.05) is 42.5 Å². The minimum Gasteiger partial charge on any atom is -0.379 e. The smallest absolute Gasteiger partial charge is 0.272 e. The molecule has 1 aromatic heterocycles. The number of nitrogens with zero attached hydrogens (tertiary/aromatic N) is 2. The number of aromatic amines is 1. The van der Waals surface area contributed by atoms with Crippen LogP contribution in [0.3, 0.4) is 0 Å². The molecule has 0 spiro atoms. The highest BCUT2D eigenvalue weighted by molar-refractivity contribution is 6.04. The van der Waals surface area contributed by atoms with Crippen LogP contribution in [0.2, 0.25) is 0 Å². The van der Waals surface area contributed by atoms with E-state index in [1.807, 2.05) is 36.4 Å². The largest absolute Gasteiger partial charge is 0.379 e. The minimum atomic E-state index is -0.163. The van der Waals surface area contributed by atoms with Gasteiger partial charge >= 0.3 is 0 Å². The summed E-state index contributed by atoms with van der Waals surface area (Å²) in [5, 5.41) is 10.9. The molecule has 2 aromatic carbocycles. The summed E-state index contributed by atoms with van der Waals surface area (Å²) in [5.41, 5.74) is 3.67. The van der Waals surface area contributed by atoms with E-state index in [4.69, 9.17) is 4.74 Å². The van der Waals surface area contributed by atoms with Crippen molar-refractivity contribution in [1.82, 2.24) is 20.4 Å². The van der Waals surface area contributed by atoms with Gasteiger partial charge in [-0.2, -0.15) is 5.10 Å². The average Bonchev–Trinajstić information content (AvgIpc) is 3.12. The molecule has 0 unspecified atom stereocenters. The van der Waals surface area contributed by atoms with E-state index in [0.29, 0.717) is 12.2 Å². The lowest BCUT2D eigenvalue weighted by molar-refractivity contribution is 0.0340. The van der Waals surface area contributed by atoms with Gasteiger partial charge in [0.05, 0.1) is 18.7 Å². The summed E-state index contributed by atoms with van der Waals surface area (Å²) in [5.74, 6) is -0.163. The summed E-state index contributed by atoms with van der Waals surface area (Å²) in [6.45, 7) is 4.82. The second-order valence-electron chi connectivity index (χ2n) is 6.46. The summed E-state index contributed by atoms with van der Waals surface area (Å²) in [6, 6.07) is 15.9. The van der Waals surface area contributed by atoms with Crippen molar-refractivity contribution in [3.63, 3.8) is 0 Å². The van der Waals surface area contributed by atoms with Gasteiger partial charge in [0.2, 0.25) is 0 Å². The Bertz CT molecular complexity index is 899. The van der Waals surface area contributed by atoms with Crippen LogP contribution in [0.15, 0.2) is 48.5 Å². The quantitative estimate of drug-likeness (QED) is 0.741. The van der Waals surface area contributed by atoms with Crippen molar-refractivity contribution in [2.24, 2.45) is 0 Å². The predicted molar refractivity (Wildman–Crippen MR) is 99.8 cm³/mol. The molecule has 3 aromatic rings. The van der Waals surface area contributed by atoms with Crippen molar-refractivity contribution in [2.75, 3.05) is 26.3 Å². The summed E-state index contributed by atoms with van der Waals surface area (Å²) in [4.78, 5) is 15.0. The SMILES string of the molecule is O=C(NCc1ccccc1CN1CCOCC1)c1n[nH]c2ccccc12. The van der Waals surface area contributed by atoms with E-state index in [2.05, 4.69) is 32.5 Å². The van der Waals surface area contributed by atoms with Crippen molar-refractivity contribution in [3.05, 3.63) is 65.4 Å². The van der Waals surface area contributed by atoms with Gasteiger partial charge in [-0.25, -0.2) is 0 Å².